The summed E-state index contributed by atoms with van der Waals surface area (Å²) in [7, 11) is -3.53. The molecule has 2 heterocycles. The Kier molecular flexibility index (Phi) is 5.49. The van der Waals surface area contributed by atoms with E-state index in [1.54, 1.807) is 12.1 Å². The Hall–Kier alpha value is -0.640. The quantitative estimate of drug-likeness (QED) is 0.734. The van der Waals surface area contributed by atoms with Crippen molar-refractivity contribution in [2.45, 2.75) is 28.0 Å². The second-order valence-corrected chi connectivity index (χ2v) is 10.8. The number of nitrogens with zero attached hydrogens (tertiary/aromatic N) is 2. The van der Waals surface area contributed by atoms with Crippen LogP contribution in [0.1, 0.15) is 19.3 Å². The van der Waals surface area contributed by atoms with Crippen LogP contribution in [0.15, 0.2) is 23.1 Å². The number of alkyl halides is 3. The SMILES string of the molecule is O=C(Nc1nc2ccc(S(=O)(=O)N3CCCCC3)cc2s1)C(Cl)(Cl)Cl. The summed E-state index contributed by atoms with van der Waals surface area (Å²) in [4.78, 5) is 16.1. The van der Waals surface area contributed by atoms with Crippen LogP contribution in [0.5, 0.6) is 0 Å². The Morgan fingerprint density at radius 1 is 1.20 bits per heavy atom. The van der Waals surface area contributed by atoms with Crippen molar-refractivity contribution >= 4 is 77.4 Å². The topological polar surface area (TPSA) is 79.4 Å². The summed E-state index contributed by atoms with van der Waals surface area (Å²) in [5, 5.41) is 2.64. The third kappa shape index (κ3) is 4.20. The molecule has 1 N–H and O–H groups in total. The van der Waals surface area contributed by atoms with E-state index in [1.807, 2.05) is 0 Å². The minimum absolute atomic E-state index is 0.213. The van der Waals surface area contributed by atoms with Gasteiger partial charge in [0.25, 0.3) is 9.70 Å². The van der Waals surface area contributed by atoms with E-state index in [0.717, 1.165) is 30.6 Å². The number of amides is 1. The predicted molar refractivity (Wildman–Crippen MR) is 101 cm³/mol. The molecule has 0 spiro atoms. The van der Waals surface area contributed by atoms with Gasteiger partial charge in [0, 0.05) is 13.1 Å². The molecule has 1 fully saturated rings. The average molecular weight is 443 g/mol. The molecule has 1 amide bonds. The molecule has 1 aliphatic heterocycles. The van der Waals surface area contributed by atoms with E-state index in [1.165, 1.54) is 10.4 Å². The van der Waals surface area contributed by atoms with Crippen molar-refractivity contribution in [3.05, 3.63) is 18.2 Å². The maximum atomic E-state index is 12.7. The molecule has 0 aliphatic carbocycles. The third-order valence-electron chi connectivity index (χ3n) is 3.79. The zero-order valence-electron chi connectivity index (χ0n) is 12.8. The molecule has 0 saturated carbocycles. The van der Waals surface area contributed by atoms with E-state index in [9.17, 15) is 13.2 Å². The van der Waals surface area contributed by atoms with Crippen LogP contribution in [0.4, 0.5) is 5.13 Å². The van der Waals surface area contributed by atoms with Crippen LogP contribution in [-0.4, -0.2) is 40.5 Å². The van der Waals surface area contributed by atoms with E-state index < -0.39 is 19.7 Å². The molecule has 6 nitrogen and oxygen atoms in total. The summed E-state index contributed by atoms with van der Waals surface area (Å²) in [6, 6.07) is 4.68. The lowest BCUT2D eigenvalue weighted by Gasteiger charge is -2.25. The molecule has 1 aromatic heterocycles. The van der Waals surface area contributed by atoms with E-state index in [4.69, 9.17) is 34.8 Å². The van der Waals surface area contributed by atoms with Gasteiger partial charge in [-0.05, 0) is 31.0 Å². The molecule has 136 valence electrons. The van der Waals surface area contributed by atoms with Gasteiger partial charge < -0.3 is 0 Å². The number of benzene rings is 1. The highest BCUT2D eigenvalue weighted by Crippen LogP contribution is 2.32. The van der Waals surface area contributed by atoms with Gasteiger partial charge in [0.05, 0.1) is 15.1 Å². The minimum atomic E-state index is -3.53. The van der Waals surface area contributed by atoms with Crippen LogP contribution >= 0.6 is 46.1 Å². The zero-order valence-corrected chi connectivity index (χ0v) is 16.7. The lowest BCUT2D eigenvalue weighted by Crippen LogP contribution is -2.35. The lowest BCUT2D eigenvalue weighted by atomic mass is 10.2. The summed E-state index contributed by atoms with van der Waals surface area (Å²) >= 11 is 17.7. The van der Waals surface area contributed by atoms with Gasteiger partial charge in [0.1, 0.15) is 0 Å². The van der Waals surface area contributed by atoms with Gasteiger partial charge in [-0.15, -0.1) is 0 Å². The van der Waals surface area contributed by atoms with Crippen LogP contribution in [-0.2, 0) is 14.8 Å². The van der Waals surface area contributed by atoms with Crippen molar-refractivity contribution in [3.8, 4) is 0 Å². The number of piperidine rings is 1. The third-order valence-corrected chi connectivity index (χ3v) is 7.13. The Labute approximate surface area is 164 Å². The summed E-state index contributed by atoms with van der Waals surface area (Å²) in [6.07, 6.45) is 2.79. The fourth-order valence-electron chi connectivity index (χ4n) is 2.54. The van der Waals surface area contributed by atoms with Crippen LogP contribution in [0.3, 0.4) is 0 Å². The van der Waals surface area contributed by atoms with Crippen molar-refractivity contribution < 1.29 is 13.2 Å². The Bertz CT molecular complexity index is 903. The van der Waals surface area contributed by atoms with Gasteiger partial charge in [-0.1, -0.05) is 52.6 Å². The molecule has 11 heteroatoms. The number of hydrogen-bond donors (Lipinski definition) is 1. The highest BCUT2D eigenvalue weighted by molar-refractivity contribution is 7.89. The van der Waals surface area contributed by atoms with Crippen LogP contribution in [0, 0.1) is 0 Å². The molecule has 0 atom stereocenters. The second kappa shape index (κ2) is 7.17. The Morgan fingerprint density at radius 3 is 2.52 bits per heavy atom. The molecular formula is C14H14Cl3N3O3S2. The number of anilines is 1. The maximum absolute atomic E-state index is 12.7. The molecule has 1 aromatic carbocycles. The highest BCUT2D eigenvalue weighted by atomic mass is 35.6. The summed E-state index contributed by atoms with van der Waals surface area (Å²) in [5.74, 6) is -0.822. The number of hydrogen-bond acceptors (Lipinski definition) is 5. The van der Waals surface area contributed by atoms with Crippen molar-refractivity contribution in [1.29, 1.82) is 0 Å². The average Bonchev–Trinajstić information content (AvgIpc) is 2.96. The molecule has 25 heavy (non-hydrogen) atoms. The van der Waals surface area contributed by atoms with E-state index in [0.29, 0.717) is 23.3 Å². The van der Waals surface area contributed by atoms with Crippen molar-refractivity contribution in [2.24, 2.45) is 0 Å². The monoisotopic (exact) mass is 441 g/mol. The number of carbonyl (C=O) groups excluding carboxylic acids is 1. The van der Waals surface area contributed by atoms with Gasteiger partial charge >= 0.3 is 0 Å². The Morgan fingerprint density at radius 2 is 1.88 bits per heavy atom. The van der Waals surface area contributed by atoms with Gasteiger partial charge in [0.2, 0.25) is 10.0 Å². The summed E-state index contributed by atoms with van der Waals surface area (Å²) < 4.78 is 25.5. The molecule has 2 aromatic rings. The summed E-state index contributed by atoms with van der Waals surface area (Å²) in [5.41, 5.74) is 0.558. The maximum Gasteiger partial charge on any atom is 0.278 e. The molecule has 1 saturated heterocycles. The fourth-order valence-corrected chi connectivity index (χ4v) is 5.20. The molecular weight excluding hydrogens is 429 g/mol. The number of nitrogens with one attached hydrogen (secondary N) is 1. The number of aromatic nitrogens is 1. The fraction of sp³-hybridized carbons (Fsp3) is 0.429. The minimum Gasteiger partial charge on any atom is -0.298 e. The summed E-state index contributed by atoms with van der Waals surface area (Å²) in [6.45, 7) is 1.07. The number of rotatable bonds is 3. The zero-order chi connectivity index (χ0) is 18.2. The van der Waals surface area contributed by atoms with Crippen LogP contribution in [0.2, 0.25) is 0 Å². The van der Waals surface area contributed by atoms with Gasteiger partial charge in [0.15, 0.2) is 5.13 Å². The first-order valence-corrected chi connectivity index (χ1v) is 10.9. The Balaban J connectivity index is 1.89. The van der Waals surface area contributed by atoms with Gasteiger partial charge in [-0.2, -0.15) is 4.31 Å². The number of halogens is 3. The molecule has 1 aliphatic rings. The number of carbonyl (C=O) groups is 1. The van der Waals surface area contributed by atoms with Crippen molar-refractivity contribution in [2.75, 3.05) is 18.4 Å². The number of fused-ring (bicyclic) bond motifs is 1. The van der Waals surface area contributed by atoms with Gasteiger partial charge in [-0.3, -0.25) is 10.1 Å². The normalized spacial score (nSPS) is 16.9. The van der Waals surface area contributed by atoms with Crippen LogP contribution in [0.25, 0.3) is 10.2 Å². The standard InChI is InChI=1S/C14H14Cl3N3O3S2/c15-14(16,17)12(21)19-13-18-10-5-4-9(8-11(10)24-13)25(22,23)20-6-2-1-3-7-20/h4-5,8H,1-3,6-7H2,(H,18,19,21). The molecule has 0 bridgehead atoms. The smallest absolute Gasteiger partial charge is 0.278 e. The first-order valence-electron chi connectivity index (χ1n) is 7.47. The lowest BCUT2D eigenvalue weighted by molar-refractivity contribution is -0.115. The molecule has 0 radical (unpaired) electrons. The molecule has 3 rings (SSSR count). The predicted octanol–water partition coefficient (Wildman–Crippen LogP) is 3.78. The molecule has 0 unspecified atom stereocenters. The number of thiazole rings is 1. The highest BCUT2D eigenvalue weighted by Gasteiger charge is 2.31. The van der Waals surface area contributed by atoms with Crippen molar-refractivity contribution in [1.82, 2.24) is 9.29 Å². The van der Waals surface area contributed by atoms with Gasteiger partial charge in [-0.25, -0.2) is 13.4 Å². The first-order chi connectivity index (χ1) is 11.7. The van der Waals surface area contributed by atoms with Crippen LogP contribution < -0.4 is 5.32 Å². The largest absolute Gasteiger partial charge is 0.298 e. The second-order valence-electron chi connectivity index (χ2n) is 5.57. The first kappa shape index (κ1) is 19.1. The van der Waals surface area contributed by atoms with E-state index >= 15 is 0 Å². The van der Waals surface area contributed by atoms with E-state index in [-0.39, 0.29) is 10.0 Å². The van der Waals surface area contributed by atoms with Crippen molar-refractivity contribution in [3.63, 3.8) is 0 Å². The van der Waals surface area contributed by atoms with E-state index in [2.05, 4.69) is 10.3 Å². The number of sulfonamides is 1.